The molecule has 88 valence electrons. The van der Waals surface area contributed by atoms with Gasteiger partial charge in [0.05, 0.1) is 0 Å². The smallest absolute Gasteiger partial charge is 0.318 e. The number of nitrogens with zero attached hydrogens (tertiary/aromatic N) is 1. The van der Waals surface area contributed by atoms with E-state index in [2.05, 4.69) is 0 Å². The molecule has 0 bridgehead atoms. The van der Waals surface area contributed by atoms with Crippen molar-refractivity contribution in [3.63, 3.8) is 0 Å². The molecule has 0 spiro atoms. The number of aliphatic carboxylic acids is 1. The van der Waals surface area contributed by atoms with Gasteiger partial charge in [0, 0.05) is 13.1 Å². The lowest BCUT2D eigenvalue weighted by atomic mass is 9.91. The number of hydrogen-bond donors (Lipinski definition) is 1. The Bertz CT molecular complexity index is 248. The highest BCUT2D eigenvalue weighted by Crippen LogP contribution is 2.20. The molecule has 0 aromatic carbocycles. The van der Waals surface area contributed by atoms with Gasteiger partial charge in [0.25, 0.3) is 0 Å². The van der Waals surface area contributed by atoms with Gasteiger partial charge in [-0.05, 0) is 27.2 Å². The Kier molecular flexibility index (Phi) is 4.78. The van der Waals surface area contributed by atoms with E-state index in [1.807, 2.05) is 13.8 Å². The first-order chi connectivity index (χ1) is 6.75. The Morgan fingerprint density at radius 1 is 1.40 bits per heavy atom. The Morgan fingerprint density at radius 2 is 1.87 bits per heavy atom. The molecule has 0 heterocycles. The molecule has 1 atom stereocenters. The number of carbonyl (C=O) groups is 2. The van der Waals surface area contributed by atoms with Gasteiger partial charge in [-0.15, -0.1) is 0 Å². The minimum absolute atomic E-state index is 0.0844. The first-order valence-electron chi connectivity index (χ1n) is 5.25. The van der Waals surface area contributed by atoms with Crippen LogP contribution in [0.3, 0.4) is 0 Å². The Labute approximate surface area is 91.3 Å². The molecule has 0 aliphatic rings. The molecule has 0 aliphatic heterocycles. The molecular formula is C11H21NO3. The number of carboxylic acids is 1. The highest BCUT2D eigenvalue weighted by Gasteiger charge is 2.39. The van der Waals surface area contributed by atoms with Gasteiger partial charge in [-0.25, -0.2) is 0 Å². The monoisotopic (exact) mass is 215 g/mol. The zero-order valence-electron chi connectivity index (χ0n) is 10.2. The van der Waals surface area contributed by atoms with Crippen LogP contribution in [0.5, 0.6) is 0 Å². The van der Waals surface area contributed by atoms with E-state index in [9.17, 15) is 9.59 Å². The number of carboxylic acid groups (broad SMARTS) is 1. The summed E-state index contributed by atoms with van der Waals surface area (Å²) >= 11 is 0. The van der Waals surface area contributed by atoms with Gasteiger partial charge < -0.3 is 10.0 Å². The van der Waals surface area contributed by atoms with Crippen LogP contribution in [-0.4, -0.2) is 35.0 Å². The van der Waals surface area contributed by atoms with Crippen molar-refractivity contribution in [1.82, 2.24) is 4.90 Å². The summed E-state index contributed by atoms with van der Waals surface area (Å²) in [6.07, 6.45) is 1.87. The van der Waals surface area contributed by atoms with Gasteiger partial charge in [0.1, 0.15) is 5.41 Å². The summed E-state index contributed by atoms with van der Waals surface area (Å²) in [6, 6.07) is 0.0844. The van der Waals surface area contributed by atoms with E-state index >= 15 is 0 Å². The van der Waals surface area contributed by atoms with E-state index in [0.717, 1.165) is 12.8 Å². The molecule has 0 aromatic heterocycles. The topological polar surface area (TPSA) is 57.6 Å². The molecule has 1 unspecified atom stereocenters. The SMILES string of the molecule is CCCC(C)N(C)C(=O)C(C)(C)C(=O)O. The second kappa shape index (κ2) is 5.14. The minimum Gasteiger partial charge on any atom is -0.480 e. The van der Waals surface area contributed by atoms with Gasteiger partial charge in [-0.2, -0.15) is 0 Å². The number of rotatable bonds is 5. The van der Waals surface area contributed by atoms with Crippen LogP contribution in [0, 0.1) is 5.41 Å². The fourth-order valence-corrected chi connectivity index (χ4v) is 1.34. The summed E-state index contributed by atoms with van der Waals surface area (Å²) in [7, 11) is 1.66. The lowest BCUT2D eigenvalue weighted by Gasteiger charge is -2.30. The predicted octanol–water partition coefficient (Wildman–Crippen LogP) is 1.74. The average molecular weight is 215 g/mol. The maximum Gasteiger partial charge on any atom is 0.318 e. The van der Waals surface area contributed by atoms with Crippen LogP contribution in [0.2, 0.25) is 0 Å². The first-order valence-corrected chi connectivity index (χ1v) is 5.25. The third kappa shape index (κ3) is 3.22. The predicted molar refractivity (Wildman–Crippen MR) is 58.6 cm³/mol. The van der Waals surface area contributed by atoms with Gasteiger partial charge in [0.15, 0.2) is 0 Å². The van der Waals surface area contributed by atoms with Crippen LogP contribution in [0.4, 0.5) is 0 Å². The van der Waals surface area contributed by atoms with Crippen molar-refractivity contribution in [3.05, 3.63) is 0 Å². The summed E-state index contributed by atoms with van der Waals surface area (Å²) in [5.74, 6) is -1.42. The largest absolute Gasteiger partial charge is 0.480 e. The Morgan fingerprint density at radius 3 is 2.20 bits per heavy atom. The summed E-state index contributed by atoms with van der Waals surface area (Å²) in [4.78, 5) is 24.3. The third-order valence-electron chi connectivity index (χ3n) is 2.76. The van der Waals surface area contributed by atoms with Crippen molar-refractivity contribution in [2.24, 2.45) is 5.41 Å². The van der Waals surface area contributed by atoms with Gasteiger partial charge in [-0.1, -0.05) is 13.3 Å². The van der Waals surface area contributed by atoms with Gasteiger partial charge in [0.2, 0.25) is 5.91 Å². The number of amides is 1. The zero-order valence-corrected chi connectivity index (χ0v) is 10.2. The fourth-order valence-electron chi connectivity index (χ4n) is 1.34. The molecule has 15 heavy (non-hydrogen) atoms. The molecule has 1 amide bonds. The van der Waals surface area contributed by atoms with Crippen LogP contribution in [0.15, 0.2) is 0 Å². The summed E-state index contributed by atoms with van der Waals surface area (Å²) in [5, 5.41) is 8.92. The van der Waals surface area contributed by atoms with Gasteiger partial charge >= 0.3 is 5.97 Å². The summed E-state index contributed by atoms with van der Waals surface area (Å²) < 4.78 is 0. The van der Waals surface area contributed by atoms with E-state index in [1.165, 1.54) is 18.7 Å². The zero-order chi connectivity index (χ0) is 12.2. The highest BCUT2D eigenvalue weighted by molar-refractivity contribution is 6.00. The van der Waals surface area contributed by atoms with Crippen molar-refractivity contribution in [2.45, 2.75) is 46.6 Å². The molecule has 0 saturated heterocycles. The number of hydrogen-bond acceptors (Lipinski definition) is 2. The van der Waals surface area contributed by atoms with E-state index in [0.29, 0.717) is 0 Å². The van der Waals surface area contributed by atoms with E-state index < -0.39 is 11.4 Å². The normalized spacial score (nSPS) is 13.4. The number of carbonyl (C=O) groups excluding carboxylic acids is 1. The van der Waals surface area contributed by atoms with Crippen LogP contribution in [0.25, 0.3) is 0 Å². The standard InChI is InChI=1S/C11H21NO3/c1-6-7-8(2)12(5)9(13)11(3,4)10(14)15/h8H,6-7H2,1-5H3,(H,14,15). The van der Waals surface area contributed by atoms with E-state index in [1.54, 1.807) is 7.05 Å². The second-order valence-electron chi connectivity index (χ2n) is 4.48. The molecule has 0 fully saturated rings. The van der Waals surface area contributed by atoms with Crippen LogP contribution < -0.4 is 0 Å². The molecular weight excluding hydrogens is 194 g/mol. The highest BCUT2D eigenvalue weighted by atomic mass is 16.4. The molecule has 0 saturated carbocycles. The van der Waals surface area contributed by atoms with Crippen molar-refractivity contribution in [2.75, 3.05) is 7.05 Å². The van der Waals surface area contributed by atoms with E-state index in [4.69, 9.17) is 5.11 Å². The second-order valence-corrected chi connectivity index (χ2v) is 4.48. The molecule has 0 aromatic rings. The van der Waals surface area contributed by atoms with Crippen LogP contribution in [0.1, 0.15) is 40.5 Å². The maximum absolute atomic E-state index is 11.9. The minimum atomic E-state index is -1.34. The lowest BCUT2D eigenvalue weighted by Crippen LogP contribution is -2.46. The molecule has 4 heteroatoms. The maximum atomic E-state index is 11.9. The van der Waals surface area contributed by atoms with Crippen molar-refractivity contribution in [1.29, 1.82) is 0 Å². The Balaban J connectivity index is 4.64. The molecule has 4 nitrogen and oxygen atoms in total. The van der Waals surface area contributed by atoms with Crippen molar-refractivity contribution in [3.8, 4) is 0 Å². The van der Waals surface area contributed by atoms with E-state index in [-0.39, 0.29) is 11.9 Å². The van der Waals surface area contributed by atoms with Crippen LogP contribution >= 0.6 is 0 Å². The van der Waals surface area contributed by atoms with Crippen molar-refractivity contribution < 1.29 is 14.7 Å². The summed E-state index contributed by atoms with van der Waals surface area (Å²) in [6.45, 7) is 6.84. The third-order valence-corrected chi connectivity index (χ3v) is 2.76. The molecule has 1 N–H and O–H groups in total. The average Bonchev–Trinajstić information content (AvgIpc) is 2.15. The fraction of sp³-hybridized carbons (Fsp3) is 0.818. The summed E-state index contributed by atoms with van der Waals surface area (Å²) in [5.41, 5.74) is -1.34. The quantitative estimate of drug-likeness (QED) is 0.711. The Hall–Kier alpha value is -1.06. The first kappa shape index (κ1) is 13.9. The lowest BCUT2D eigenvalue weighted by molar-refractivity contribution is -0.158. The molecule has 0 radical (unpaired) electrons. The molecule has 0 rings (SSSR count). The van der Waals surface area contributed by atoms with Gasteiger partial charge in [-0.3, -0.25) is 9.59 Å². The van der Waals surface area contributed by atoms with Crippen molar-refractivity contribution >= 4 is 11.9 Å². The van der Waals surface area contributed by atoms with Crippen LogP contribution in [-0.2, 0) is 9.59 Å². The molecule has 0 aliphatic carbocycles.